The summed E-state index contributed by atoms with van der Waals surface area (Å²) in [6.07, 6.45) is 1.86. The van der Waals surface area contributed by atoms with Gasteiger partial charge in [-0.1, -0.05) is 18.2 Å². The highest BCUT2D eigenvalue weighted by Gasteiger charge is 2.20. The molecule has 0 aliphatic carbocycles. The summed E-state index contributed by atoms with van der Waals surface area (Å²) in [5.74, 6) is 0.943. The van der Waals surface area contributed by atoms with Crippen LogP contribution in [0.4, 0.5) is 5.69 Å². The van der Waals surface area contributed by atoms with Gasteiger partial charge in [0.1, 0.15) is 5.82 Å². The number of aromatic nitrogens is 3. The molecule has 0 radical (unpaired) electrons. The maximum absolute atomic E-state index is 5.56. The summed E-state index contributed by atoms with van der Waals surface area (Å²) in [6, 6.07) is 6.56. The Balaban J connectivity index is 1.65. The van der Waals surface area contributed by atoms with E-state index in [0.717, 1.165) is 43.4 Å². The van der Waals surface area contributed by atoms with Gasteiger partial charge in [-0.3, -0.25) is 4.90 Å². The van der Waals surface area contributed by atoms with Crippen LogP contribution in [-0.4, -0.2) is 45.4 Å². The zero-order valence-electron chi connectivity index (χ0n) is 15.4. The van der Waals surface area contributed by atoms with Crippen LogP contribution >= 0.6 is 12.2 Å². The number of hydrogen-bond donors (Lipinski definition) is 0. The van der Waals surface area contributed by atoms with Crippen LogP contribution in [0.3, 0.4) is 0 Å². The molecule has 5 nitrogen and oxygen atoms in total. The number of nitrogens with zero attached hydrogens (tertiary/aromatic N) is 5. The van der Waals surface area contributed by atoms with Crippen LogP contribution < -0.4 is 4.90 Å². The van der Waals surface area contributed by atoms with Gasteiger partial charge >= 0.3 is 0 Å². The van der Waals surface area contributed by atoms with Gasteiger partial charge in [0, 0.05) is 38.4 Å². The highest BCUT2D eigenvalue weighted by Crippen LogP contribution is 2.23. The average molecular weight is 358 g/mol. The monoisotopic (exact) mass is 357 g/mol. The van der Waals surface area contributed by atoms with Gasteiger partial charge in [-0.05, 0) is 50.2 Å². The average Bonchev–Trinajstić information content (AvgIpc) is 2.86. The number of aryl methyl sites for hydroxylation is 2. The van der Waals surface area contributed by atoms with Crippen LogP contribution in [0.1, 0.15) is 17.0 Å². The molecule has 6 heteroatoms. The third kappa shape index (κ3) is 3.70. The van der Waals surface area contributed by atoms with E-state index in [1.165, 1.54) is 16.8 Å². The molecular formula is C19H27N5S. The van der Waals surface area contributed by atoms with Gasteiger partial charge in [-0.2, -0.15) is 5.10 Å². The smallest absolute Gasteiger partial charge is 0.199 e. The topological polar surface area (TPSA) is 29.2 Å². The third-order valence-electron chi connectivity index (χ3n) is 5.04. The molecule has 1 aliphatic rings. The van der Waals surface area contributed by atoms with Crippen molar-refractivity contribution in [1.82, 2.24) is 19.2 Å². The van der Waals surface area contributed by atoms with Crippen LogP contribution in [0.5, 0.6) is 0 Å². The van der Waals surface area contributed by atoms with Crippen molar-refractivity contribution in [3.63, 3.8) is 0 Å². The summed E-state index contributed by atoms with van der Waals surface area (Å²) in [7, 11) is 0. The van der Waals surface area contributed by atoms with Crippen molar-refractivity contribution in [3.8, 4) is 0 Å². The van der Waals surface area contributed by atoms with Crippen molar-refractivity contribution in [2.45, 2.75) is 34.0 Å². The fourth-order valence-corrected chi connectivity index (χ4v) is 3.68. The lowest BCUT2D eigenvalue weighted by Gasteiger charge is -2.36. The van der Waals surface area contributed by atoms with Gasteiger partial charge in [-0.25, -0.2) is 4.68 Å². The van der Waals surface area contributed by atoms with Crippen molar-refractivity contribution in [2.75, 3.05) is 31.1 Å². The molecule has 1 aromatic heterocycles. The van der Waals surface area contributed by atoms with Gasteiger partial charge in [0.05, 0.1) is 6.67 Å². The Bertz CT molecular complexity index is 812. The summed E-state index contributed by atoms with van der Waals surface area (Å²) < 4.78 is 4.73. The Labute approximate surface area is 155 Å². The number of rotatable bonds is 5. The predicted molar refractivity (Wildman–Crippen MR) is 106 cm³/mol. The molecule has 0 N–H and O–H groups in total. The lowest BCUT2D eigenvalue weighted by atomic mass is 10.1. The van der Waals surface area contributed by atoms with Crippen LogP contribution in [0.25, 0.3) is 0 Å². The highest BCUT2D eigenvalue weighted by atomic mass is 32.1. The van der Waals surface area contributed by atoms with Crippen LogP contribution in [0, 0.1) is 25.5 Å². The number of benzene rings is 1. The summed E-state index contributed by atoms with van der Waals surface area (Å²) in [6.45, 7) is 15.7. The van der Waals surface area contributed by atoms with Crippen LogP contribution in [0.2, 0.25) is 0 Å². The van der Waals surface area contributed by atoms with Gasteiger partial charge in [0.15, 0.2) is 4.77 Å². The van der Waals surface area contributed by atoms with E-state index in [-0.39, 0.29) is 0 Å². The Morgan fingerprint density at radius 1 is 1.16 bits per heavy atom. The minimum atomic E-state index is 0.713. The molecule has 0 bridgehead atoms. The lowest BCUT2D eigenvalue weighted by molar-refractivity contribution is 0.194. The Hall–Kier alpha value is -1.92. The second kappa shape index (κ2) is 7.54. The van der Waals surface area contributed by atoms with Crippen molar-refractivity contribution in [2.24, 2.45) is 0 Å². The molecule has 0 spiro atoms. The van der Waals surface area contributed by atoms with E-state index in [1.54, 1.807) is 0 Å². The first-order valence-corrected chi connectivity index (χ1v) is 9.20. The first-order valence-electron chi connectivity index (χ1n) is 8.80. The quantitative estimate of drug-likeness (QED) is 0.606. The molecular weight excluding hydrogens is 330 g/mol. The molecule has 0 amide bonds. The molecule has 3 rings (SSSR count). The molecule has 134 valence electrons. The van der Waals surface area contributed by atoms with Gasteiger partial charge in [0.2, 0.25) is 0 Å². The molecule has 25 heavy (non-hydrogen) atoms. The minimum Gasteiger partial charge on any atom is -0.369 e. The van der Waals surface area contributed by atoms with Crippen LogP contribution in [-0.2, 0) is 13.2 Å². The van der Waals surface area contributed by atoms with E-state index < -0.39 is 0 Å². The van der Waals surface area contributed by atoms with Gasteiger partial charge < -0.3 is 9.47 Å². The number of piperazine rings is 1. The molecule has 0 atom stereocenters. The summed E-state index contributed by atoms with van der Waals surface area (Å²) in [5.41, 5.74) is 4.11. The zero-order valence-corrected chi connectivity index (χ0v) is 16.2. The fraction of sp³-hybridized carbons (Fsp3) is 0.474. The largest absolute Gasteiger partial charge is 0.369 e. The van der Waals surface area contributed by atoms with E-state index in [2.05, 4.69) is 53.5 Å². The highest BCUT2D eigenvalue weighted by molar-refractivity contribution is 7.71. The normalized spacial score (nSPS) is 15.6. The predicted octanol–water partition coefficient (Wildman–Crippen LogP) is 3.31. The summed E-state index contributed by atoms with van der Waals surface area (Å²) in [4.78, 5) is 4.90. The lowest BCUT2D eigenvalue weighted by Crippen LogP contribution is -2.47. The van der Waals surface area contributed by atoms with E-state index >= 15 is 0 Å². The first kappa shape index (κ1) is 17.9. The third-order valence-corrected chi connectivity index (χ3v) is 5.47. The van der Waals surface area contributed by atoms with Gasteiger partial charge in [0.25, 0.3) is 0 Å². The summed E-state index contributed by atoms with van der Waals surface area (Å²) >= 11 is 5.56. The van der Waals surface area contributed by atoms with E-state index in [9.17, 15) is 0 Å². The Kier molecular flexibility index (Phi) is 5.39. The number of allylic oxidation sites excluding steroid dienone is 1. The molecule has 0 unspecified atom stereocenters. The zero-order chi connectivity index (χ0) is 18.0. The maximum Gasteiger partial charge on any atom is 0.199 e. The second-order valence-corrected chi connectivity index (χ2v) is 7.06. The SMILES string of the molecule is C=CCn1c(C)nn(CN2CCN(c3cccc(C)c3C)CC2)c1=S. The van der Waals surface area contributed by atoms with E-state index in [1.807, 2.05) is 22.2 Å². The van der Waals surface area contributed by atoms with Crippen molar-refractivity contribution in [3.05, 3.63) is 52.6 Å². The molecule has 2 heterocycles. The molecule has 0 saturated carbocycles. The number of hydrogen-bond acceptors (Lipinski definition) is 4. The minimum absolute atomic E-state index is 0.713. The van der Waals surface area contributed by atoms with Crippen molar-refractivity contribution < 1.29 is 0 Å². The first-order chi connectivity index (χ1) is 12.0. The van der Waals surface area contributed by atoms with E-state index in [0.29, 0.717) is 6.54 Å². The van der Waals surface area contributed by atoms with Gasteiger partial charge in [-0.15, -0.1) is 6.58 Å². The van der Waals surface area contributed by atoms with Crippen molar-refractivity contribution in [1.29, 1.82) is 0 Å². The van der Waals surface area contributed by atoms with E-state index in [4.69, 9.17) is 12.2 Å². The Morgan fingerprint density at radius 3 is 2.56 bits per heavy atom. The fourth-order valence-electron chi connectivity index (χ4n) is 3.38. The number of anilines is 1. The molecule has 2 aromatic rings. The molecule has 1 fully saturated rings. The maximum atomic E-state index is 5.56. The molecule has 1 aliphatic heterocycles. The second-order valence-electron chi connectivity index (χ2n) is 6.69. The van der Waals surface area contributed by atoms with Crippen molar-refractivity contribution >= 4 is 17.9 Å². The standard InChI is InChI=1S/C19H27N5S/c1-5-9-23-17(4)20-24(19(23)25)14-21-10-12-22(13-11-21)18-8-6-7-15(2)16(18)3/h5-8H,1,9-14H2,2-4H3. The summed E-state index contributed by atoms with van der Waals surface area (Å²) in [5, 5.41) is 4.60. The van der Waals surface area contributed by atoms with Crippen LogP contribution in [0.15, 0.2) is 30.9 Å². The molecule has 1 saturated heterocycles. The molecule has 1 aromatic carbocycles. The Morgan fingerprint density at radius 2 is 1.88 bits per heavy atom.